The molecule has 1 aromatic carbocycles. The zero-order chi connectivity index (χ0) is 24.9. The van der Waals surface area contributed by atoms with Crippen LogP contribution in [0.4, 0.5) is 0 Å². The average molecular weight is 475 g/mol. The molecule has 1 rings (SSSR count). The highest BCUT2D eigenvalue weighted by Crippen LogP contribution is 2.15. The Bertz CT molecular complexity index is 645. The molecule has 0 fully saturated rings. The summed E-state index contributed by atoms with van der Waals surface area (Å²) in [5, 5.41) is 9.41. The number of nitrogens with zero attached hydrogens (tertiary/aromatic N) is 1. The number of benzene rings is 1. The van der Waals surface area contributed by atoms with Gasteiger partial charge in [0.15, 0.2) is 0 Å². The predicted octanol–water partition coefficient (Wildman–Crippen LogP) is 7.25. The second-order valence-electron chi connectivity index (χ2n) is 9.77. The van der Waals surface area contributed by atoms with Crippen LogP contribution in [0.3, 0.4) is 0 Å². The van der Waals surface area contributed by atoms with E-state index in [2.05, 4.69) is 6.92 Å². The lowest BCUT2D eigenvalue weighted by molar-refractivity contribution is -0.144. The number of carbonyl (C=O) groups excluding carboxylic acids is 2. The van der Waals surface area contributed by atoms with E-state index in [9.17, 15) is 14.7 Å². The van der Waals surface area contributed by atoms with Crippen LogP contribution in [0.25, 0.3) is 0 Å². The fourth-order valence-electron chi connectivity index (χ4n) is 4.43. The third kappa shape index (κ3) is 15.7. The first-order valence-electron chi connectivity index (χ1n) is 13.9. The van der Waals surface area contributed by atoms with E-state index in [1.165, 1.54) is 101 Å². The van der Waals surface area contributed by atoms with Gasteiger partial charge in [-0.25, -0.2) is 0 Å². The maximum absolute atomic E-state index is 12.1. The molecule has 1 aromatic rings. The molecule has 0 aromatic heterocycles. The highest BCUT2D eigenvalue weighted by Gasteiger charge is 2.18. The number of hydrogen-bond acceptors (Lipinski definition) is 3. The van der Waals surface area contributed by atoms with Gasteiger partial charge in [0.05, 0.1) is 0 Å². The van der Waals surface area contributed by atoms with Gasteiger partial charge in [0, 0.05) is 13.1 Å². The van der Waals surface area contributed by atoms with Crippen molar-refractivity contribution < 1.29 is 14.7 Å². The van der Waals surface area contributed by atoms with Crippen molar-refractivity contribution >= 4 is 11.8 Å². The topological polar surface area (TPSA) is 83.6 Å². The second kappa shape index (κ2) is 20.3. The van der Waals surface area contributed by atoms with E-state index in [-0.39, 0.29) is 5.75 Å². The van der Waals surface area contributed by atoms with Crippen LogP contribution in [0.1, 0.15) is 128 Å². The fraction of sp³-hybridized carbons (Fsp3) is 0.724. The predicted molar refractivity (Wildman–Crippen MR) is 141 cm³/mol. The zero-order valence-electron chi connectivity index (χ0n) is 21.7. The SMILES string of the molecule is CCCCCCCCCCCCCCCCCCCCN(Cc1ccc(O)cc1)C(=O)C(N)=O. The highest BCUT2D eigenvalue weighted by atomic mass is 16.3. The van der Waals surface area contributed by atoms with Gasteiger partial charge in [-0.3, -0.25) is 9.59 Å². The third-order valence-corrected chi connectivity index (χ3v) is 6.59. The maximum Gasteiger partial charge on any atom is 0.311 e. The number of phenolic OH excluding ortho intramolecular Hbond substituents is 1. The molecule has 5 heteroatoms. The summed E-state index contributed by atoms with van der Waals surface area (Å²) < 4.78 is 0. The normalized spacial score (nSPS) is 11.0. The molecular weight excluding hydrogens is 424 g/mol. The molecule has 0 spiro atoms. The Hall–Kier alpha value is -2.04. The van der Waals surface area contributed by atoms with Crippen LogP contribution in [-0.4, -0.2) is 28.4 Å². The molecular formula is C29H50N2O3. The fourth-order valence-corrected chi connectivity index (χ4v) is 4.43. The van der Waals surface area contributed by atoms with Gasteiger partial charge in [0.25, 0.3) is 0 Å². The maximum atomic E-state index is 12.1. The van der Waals surface area contributed by atoms with Crippen LogP contribution < -0.4 is 5.73 Å². The summed E-state index contributed by atoms with van der Waals surface area (Å²) in [6.07, 6.45) is 23.7. The van der Waals surface area contributed by atoms with E-state index in [1.54, 1.807) is 24.3 Å². The number of nitrogens with two attached hydrogens (primary N) is 1. The Morgan fingerprint density at radius 3 is 1.44 bits per heavy atom. The van der Waals surface area contributed by atoms with Gasteiger partial charge in [-0.05, 0) is 24.1 Å². The Morgan fingerprint density at radius 1 is 0.676 bits per heavy atom. The minimum absolute atomic E-state index is 0.181. The minimum Gasteiger partial charge on any atom is -0.508 e. The summed E-state index contributed by atoms with van der Waals surface area (Å²) in [6, 6.07) is 6.68. The van der Waals surface area contributed by atoms with E-state index in [4.69, 9.17) is 5.73 Å². The number of phenols is 1. The summed E-state index contributed by atoms with van der Waals surface area (Å²) in [5.41, 5.74) is 6.09. The Morgan fingerprint density at radius 2 is 1.06 bits per heavy atom. The van der Waals surface area contributed by atoms with Gasteiger partial charge in [0.2, 0.25) is 0 Å². The van der Waals surface area contributed by atoms with E-state index < -0.39 is 11.8 Å². The van der Waals surface area contributed by atoms with Crippen molar-refractivity contribution in [2.24, 2.45) is 5.73 Å². The van der Waals surface area contributed by atoms with Crippen molar-refractivity contribution in [2.75, 3.05) is 6.54 Å². The molecule has 2 amide bonds. The number of rotatable bonds is 21. The molecule has 0 aliphatic heterocycles. The van der Waals surface area contributed by atoms with Crippen molar-refractivity contribution in [3.05, 3.63) is 29.8 Å². The molecule has 0 saturated heterocycles. The number of hydrogen-bond donors (Lipinski definition) is 2. The first-order chi connectivity index (χ1) is 16.5. The monoisotopic (exact) mass is 474 g/mol. The van der Waals surface area contributed by atoms with Gasteiger partial charge in [0.1, 0.15) is 5.75 Å². The molecule has 0 aliphatic carbocycles. The number of carbonyl (C=O) groups is 2. The van der Waals surface area contributed by atoms with E-state index >= 15 is 0 Å². The lowest BCUT2D eigenvalue weighted by atomic mass is 10.0. The van der Waals surface area contributed by atoms with Crippen molar-refractivity contribution in [3.63, 3.8) is 0 Å². The molecule has 5 nitrogen and oxygen atoms in total. The molecule has 0 heterocycles. The molecule has 0 unspecified atom stereocenters. The Kier molecular flexibility index (Phi) is 17.9. The van der Waals surface area contributed by atoms with Crippen molar-refractivity contribution in [2.45, 2.75) is 129 Å². The number of primary amides is 1. The van der Waals surface area contributed by atoms with Crippen molar-refractivity contribution in [1.82, 2.24) is 4.90 Å². The van der Waals surface area contributed by atoms with Crippen LogP contribution in [0.5, 0.6) is 5.75 Å². The highest BCUT2D eigenvalue weighted by molar-refractivity contribution is 6.34. The largest absolute Gasteiger partial charge is 0.508 e. The minimum atomic E-state index is -0.916. The first kappa shape index (κ1) is 30.0. The lowest BCUT2D eigenvalue weighted by Gasteiger charge is -2.21. The molecule has 3 N–H and O–H groups in total. The van der Waals surface area contributed by atoms with Gasteiger partial charge in [-0.1, -0.05) is 128 Å². The molecule has 0 saturated carbocycles. The van der Waals surface area contributed by atoms with E-state index in [0.717, 1.165) is 24.8 Å². The summed E-state index contributed by atoms with van der Waals surface area (Å²) in [6.45, 7) is 3.14. The zero-order valence-corrected chi connectivity index (χ0v) is 21.7. The van der Waals surface area contributed by atoms with Crippen molar-refractivity contribution in [3.8, 4) is 5.75 Å². The van der Waals surface area contributed by atoms with Crippen LogP contribution in [0.15, 0.2) is 24.3 Å². The molecule has 0 aliphatic rings. The quantitative estimate of drug-likeness (QED) is 0.145. The van der Waals surface area contributed by atoms with Crippen LogP contribution in [0.2, 0.25) is 0 Å². The molecule has 194 valence electrons. The molecule has 34 heavy (non-hydrogen) atoms. The summed E-state index contributed by atoms with van der Waals surface area (Å²) in [5.74, 6) is -1.37. The van der Waals surface area contributed by atoms with E-state index in [0.29, 0.717) is 13.1 Å². The second-order valence-corrected chi connectivity index (χ2v) is 9.77. The average Bonchev–Trinajstić information content (AvgIpc) is 2.83. The van der Waals surface area contributed by atoms with Gasteiger partial charge < -0.3 is 15.7 Å². The Labute approximate surface area is 208 Å². The summed E-state index contributed by atoms with van der Waals surface area (Å²) >= 11 is 0. The first-order valence-corrected chi connectivity index (χ1v) is 13.9. The molecule has 0 radical (unpaired) electrons. The van der Waals surface area contributed by atoms with Gasteiger partial charge in [-0.15, -0.1) is 0 Å². The van der Waals surface area contributed by atoms with Crippen molar-refractivity contribution in [1.29, 1.82) is 0 Å². The van der Waals surface area contributed by atoms with Gasteiger partial charge >= 0.3 is 11.8 Å². The molecule has 0 bridgehead atoms. The van der Waals surface area contributed by atoms with Crippen LogP contribution >= 0.6 is 0 Å². The number of aromatic hydroxyl groups is 1. The number of amides is 2. The smallest absolute Gasteiger partial charge is 0.311 e. The van der Waals surface area contributed by atoms with Crippen LogP contribution in [-0.2, 0) is 16.1 Å². The summed E-state index contributed by atoms with van der Waals surface area (Å²) in [4.78, 5) is 25.0. The van der Waals surface area contributed by atoms with E-state index in [1.807, 2.05) is 0 Å². The van der Waals surface area contributed by atoms with Crippen LogP contribution in [0, 0.1) is 0 Å². The van der Waals surface area contributed by atoms with Gasteiger partial charge in [-0.2, -0.15) is 0 Å². The Balaban J connectivity index is 1.98. The molecule has 0 atom stereocenters. The third-order valence-electron chi connectivity index (χ3n) is 6.59. The number of unbranched alkanes of at least 4 members (excludes halogenated alkanes) is 17. The standard InChI is InChI=1S/C29H50N2O3/c1-2-3-4-5-6-7-8-9-10-11-12-13-14-15-16-17-18-19-24-31(29(34)28(30)33)25-26-20-22-27(32)23-21-26/h20-23,32H,2-19,24-25H2,1H3,(H2,30,33). The summed E-state index contributed by atoms with van der Waals surface area (Å²) in [7, 11) is 0. The lowest BCUT2D eigenvalue weighted by Crippen LogP contribution is -2.40.